The van der Waals surface area contributed by atoms with Gasteiger partial charge in [-0.3, -0.25) is 4.98 Å². The Morgan fingerprint density at radius 2 is 2.17 bits per heavy atom. The Labute approximate surface area is 113 Å². The van der Waals surface area contributed by atoms with Gasteiger partial charge in [-0.15, -0.1) is 0 Å². The molecule has 18 heavy (non-hydrogen) atoms. The molecule has 0 spiro atoms. The number of anilines is 1. The number of halogens is 1. The molecule has 1 heterocycles. The zero-order valence-electron chi connectivity index (χ0n) is 10.9. The van der Waals surface area contributed by atoms with Crippen molar-refractivity contribution in [2.24, 2.45) is 0 Å². The molecule has 0 bridgehead atoms. The van der Waals surface area contributed by atoms with Crippen LogP contribution in [0.15, 0.2) is 30.5 Å². The van der Waals surface area contributed by atoms with Crippen LogP contribution >= 0.6 is 11.6 Å². The van der Waals surface area contributed by atoms with E-state index in [0.29, 0.717) is 11.1 Å². The van der Waals surface area contributed by atoms with Gasteiger partial charge in [0.1, 0.15) is 0 Å². The Hall–Kier alpha value is -1.28. The molecule has 0 aliphatic rings. The van der Waals surface area contributed by atoms with Crippen LogP contribution in [0.1, 0.15) is 33.1 Å². The van der Waals surface area contributed by atoms with E-state index in [0.717, 1.165) is 16.6 Å². The molecule has 2 nitrogen and oxygen atoms in total. The van der Waals surface area contributed by atoms with E-state index < -0.39 is 0 Å². The van der Waals surface area contributed by atoms with Crippen molar-refractivity contribution in [3.8, 4) is 0 Å². The van der Waals surface area contributed by atoms with Gasteiger partial charge in [0.25, 0.3) is 0 Å². The number of nitrogens with zero attached hydrogens (tertiary/aromatic N) is 1. The predicted octanol–water partition coefficient (Wildman–Crippen LogP) is 4.88. The number of pyridine rings is 1. The maximum Gasteiger partial charge on any atom is 0.0908 e. The van der Waals surface area contributed by atoms with E-state index in [-0.39, 0.29) is 0 Å². The second-order valence-corrected chi connectivity index (χ2v) is 5.09. The quantitative estimate of drug-likeness (QED) is 0.831. The lowest BCUT2D eigenvalue weighted by Gasteiger charge is -2.16. The molecule has 1 atom stereocenters. The molecule has 1 aromatic heterocycles. The zero-order chi connectivity index (χ0) is 13.0. The molecule has 1 unspecified atom stereocenters. The Bertz CT molecular complexity index is 525. The summed E-state index contributed by atoms with van der Waals surface area (Å²) in [4.78, 5) is 4.34. The molecule has 96 valence electrons. The minimum absolute atomic E-state index is 0.467. The maximum absolute atomic E-state index is 6.16. The summed E-state index contributed by atoms with van der Waals surface area (Å²) in [5.41, 5.74) is 1.98. The van der Waals surface area contributed by atoms with Crippen molar-refractivity contribution < 1.29 is 0 Å². The van der Waals surface area contributed by atoms with E-state index in [1.165, 1.54) is 19.3 Å². The zero-order valence-corrected chi connectivity index (χ0v) is 11.7. The summed E-state index contributed by atoms with van der Waals surface area (Å²) < 4.78 is 0. The monoisotopic (exact) mass is 262 g/mol. The van der Waals surface area contributed by atoms with Crippen LogP contribution < -0.4 is 5.32 Å². The SMILES string of the molecule is CCCCC(C)Nc1ccc(Cl)c2ncccc12. The fourth-order valence-electron chi connectivity index (χ4n) is 2.11. The largest absolute Gasteiger partial charge is 0.382 e. The van der Waals surface area contributed by atoms with Crippen molar-refractivity contribution in [2.45, 2.75) is 39.2 Å². The summed E-state index contributed by atoms with van der Waals surface area (Å²) in [5.74, 6) is 0. The van der Waals surface area contributed by atoms with Crippen LogP contribution in [0.4, 0.5) is 5.69 Å². The average molecular weight is 263 g/mol. The Morgan fingerprint density at radius 3 is 2.94 bits per heavy atom. The minimum Gasteiger partial charge on any atom is -0.382 e. The molecule has 0 fully saturated rings. The summed E-state index contributed by atoms with van der Waals surface area (Å²) in [6.45, 7) is 4.43. The lowest BCUT2D eigenvalue weighted by Crippen LogP contribution is -2.15. The van der Waals surface area contributed by atoms with Crippen LogP contribution in [0.25, 0.3) is 10.9 Å². The van der Waals surface area contributed by atoms with E-state index in [2.05, 4.69) is 30.2 Å². The molecular formula is C15H19ClN2. The normalized spacial score (nSPS) is 12.6. The summed E-state index contributed by atoms with van der Waals surface area (Å²) in [5, 5.41) is 5.35. The molecular weight excluding hydrogens is 244 g/mol. The van der Waals surface area contributed by atoms with Gasteiger partial charge in [0.2, 0.25) is 0 Å². The molecule has 0 amide bonds. The third-order valence-electron chi connectivity index (χ3n) is 3.11. The van der Waals surface area contributed by atoms with Crippen molar-refractivity contribution in [3.63, 3.8) is 0 Å². The fraction of sp³-hybridized carbons (Fsp3) is 0.400. The second-order valence-electron chi connectivity index (χ2n) is 4.68. The maximum atomic E-state index is 6.16. The number of unbranched alkanes of at least 4 members (excludes halogenated alkanes) is 1. The highest BCUT2D eigenvalue weighted by Gasteiger charge is 2.07. The smallest absolute Gasteiger partial charge is 0.0908 e. The lowest BCUT2D eigenvalue weighted by molar-refractivity contribution is 0.645. The van der Waals surface area contributed by atoms with Gasteiger partial charge in [-0.2, -0.15) is 0 Å². The highest BCUT2D eigenvalue weighted by molar-refractivity contribution is 6.35. The Kier molecular flexibility index (Phi) is 4.43. The van der Waals surface area contributed by atoms with Crippen molar-refractivity contribution >= 4 is 28.2 Å². The topological polar surface area (TPSA) is 24.9 Å². The lowest BCUT2D eigenvalue weighted by atomic mass is 10.1. The molecule has 1 N–H and O–H groups in total. The van der Waals surface area contributed by atoms with Crippen molar-refractivity contribution in [3.05, 3.63) is 35.5 Å². The second kappa shape index (κ2) is 6.05. The van der Waals surface area contributed by atoms with E-state index in [1.807, 2.05) is 18.2 Å². The molecule has 2 aromatic rings. The van der Waals surface area contributed by atoms with E-state index in [4.69, 9.17) is 11.6 Å². The number of benzene rings is 1. The third-order valence-corrected chi connectivity index (χ3v) is 3.42. The molecule has 3 heteroatoms. The van der Waals surface area contributed by atoms with E-state index >= 15 is 0 Å². The van der Waals surface area contributed by atoms with Crippen molar-refractivity contribution in [1.29, 1.82) is 0 Å². The average Bonchev–Trinajstić information content (AvgIpc) is 2.40. The number of aromatic nitrogens is 1. The third kappa shape index (κ3) is 2.94. The van der Waals surface area contributed by atoms with E-state index in [1.54, 1.807) is 6.20 Å². The van der Waals surface area contributed by atoms with Crippen LogP contribution in [-0.4, -0.2) is 11.0 Å². The molecule has 2 rings (SSSR count). The number of hydrogen-bond donors (Lipinski definition) is 1. The molecule has 0 aliphatic heterocycles. The fourth-order valence-corrected chi connectivity index (χ4v) is 2.33. The number of nitrogens with one attached hydrogen (secondary N) is 1. The summed E-state index contributed by atoms with van der Waals surface area (Å²) in [7, 11) is 0. The number of rotatable bonds is 5. The first-order chi connectivity index (χ1) is 8.72. The van der Waals surface area contributed by atoms with Crippen LogP contribution in [-0.2, 0) is 0 Å². The van der Waals surface area contributed by atoms with Crippen LogP contribution in [0.3, 0.4) is 0 Å². The standard InChI is InChI=1S/C15H19ClN2/c1-3-4-6-11(2)18-14-9-8-13(16)15-12(14)7-5-10-17-15/h5,7-11,18H,3-4,6H2,1-2H3. The van der Waals surface area contributed by atoms with E-state index in [9.17, 15) is 0 Å². The van der Waals surface area contributed by atoms with Gasteiger partial charge in [0.15, 0.2) is 0 Å². The van der Waals surface area contributed by atoms with Gasteiger partial charge in [-0.05, 0) is 37.6 Å². The molecule has 0 saturated heterocycles. The van der Waals surface area contributed by atoms with Crippen LogP contribution in [0.5, 0.6) is 0 Å². The first-order valence-corrected chi connectivity index (χ1v) is 6.90. The first-order valence-electron chi connectivity index (χ1n) is 6.52. The van der Waals surface area contributed by atoms with Crippen LogP contribution in [0, 0.1) is 0 Å². The molecule has 1 aromatic carbocycles. The Balaban J connectivity index is 2.26. The Morgan fingerprint density at radius 1 is 1.33 bits per heavy atom. The molecule has 0 radical (unpaired) electrons. The predicted molar refractivity (Wildman–Crippen MR) is 79.4 cm³/mol. The van der Waals surface area contributed by atoms with Gasteiger partial charge in [0, 0.05) is 23.3 Å². The highest BCUT2D eigenvalue weighted by Crippen LogP contribution is 2.28. The van der Waals surface area contributed by atoms with Gasteiger partial charge in [-0.1, -0.05) is 31.4 Å². The molecule has 0 aliphatic carbocycles. The van der Waals surface area contributed by atoms with Gasteiger partial charge < -0.3 is 5.32 Å². The van der Waals surface area contributed by atoms with Crippen LogP contribution in [0.2, 0.25) is 5.02 Å². The summed E-state index contributed by atoms with van der Waals surface area (Å²) in [6, 6.07) is 8.42. The number of hydrogen-bond acceptors (Lipinski definition) is 2. The van der Waals surface area contributed by atoms with Crippen molar-refractivity contribution in [1.82, 2.24) is 4.98 Å². The highest BCUT2D eigenvalue weighted by atomic mass is 35.5. The first kappa shape index (κ1) is 13.2. The number of fused-ring (bicyclic) bond motifs is 1. The van der Waals surface area contributed by atoms with Crippen molar-refractivity contribution in [2.75, 3.05) is 5.32 Å². The summed E-state index contributed by atoms with van der Waals surface area (Å²) in [6.07, 6.45) is 5.44. The van der Waals surface area contributed by atoms with Gasteiger partial charge in [0.05, 0.1) is 10.5 Å². The summed E-state index contributed by atoms with van der Waals surface area (Å²) >= 11 is 6.16. The molecule has 0 saturated carbocycles. The van der Waals surface area contributed by atoms with Gasteiger partial charge in [-0.25, -0.2) is 0 Å². The minimum atomic E-state index is 0.467. The van der Waals surface area contributed by atoms with Gasteiger partial charge >= 0.3 is 0 Å².